The van der Waals surface area contributed by atoms with Crippen LogP contribution in [0.25, 0.3) is 11.0 Å². The van der Waals surface area contributed by atoms with Crippen LogP contribution in [0.15, 0.2) is 46.7 Å². The first-order valence-electron chi connectivity index (χ1n) is 5.30. The summed E-state index contributed by atoms with van der Waals surface area (Å²) in [5, 5.41) is 6.78. The maximum absolute atomic E-state index is 5.86. The molecule has 0 aliphatic heterocycles. The van der Waals surface area contributed by atoms with E-state index >= 15 is 0 Å². The predicted molar refractivity (Wildman–Crippen MR) is 71.9 cm³/mol. The van der Waals surface area contributed by atoms with Crippen molar-refractivity contribution >= 4 is 34.4 Å². The molecule has 0 fully saturated rings. The van der Waals surface area contributed by atoms with E-state index in [9.17, 15) is 0 Å². The lowest BCUT2D eigenvalue weighted by Crippen LogP contribution is -1.92. The first-order valence-corrected chi connectivity index (χ1v) is 6.49. The van der Waals surface area contributed by atoms with Gasteiger partial charge in [0.05, 0.1) is 11.6 Å². The fraction of sp³-hybridized carbons (Fsp3) is 0.0833. The molecule has 0 amide bonds. The van der Waals surface area contributed by atoms with Gasteiger partial charge in [0.15, 0.2) is 5.65 Å². The number of rotatable bonds is 2. The molecule has 0 radical (unpaired) electrons. The van der Waals surface area contributed by atoms with E-state index in [1.54, 1.807) is 29.0 Å². The summed E-state index contributed by atoms with van der Waals surface area (Å²) in [6.45, 7) is 0. The maximum atomic E-state index is 5.86. The molecule has 0 aliphatic rings. The molecule has 90 valence electrons. The van der Waals surface area contributed by atoms with E-state index in [1.807, 2.05) is 31.3 Å². The number of halogens is 1. The topological polar surface area (TPSA) is 43.6 Å². The minimum absolute atomic E-state index is 0.730. The Labute approximate surface area is 113 Å². The monoisotopic (exact) mass is 276 g/mol. The smallest absolute Gasteiger partial charge is 0.162 e. The van der Waals surface area contributed by atoms with Crippen LogP contribution >= 0.6 is 23.4 Å². The average molecular weight is 277 g/mol. The van der Waals surface area contributed by atoms with Gasteiger partial charge in [0, 0.05) is 17.0 Å². The minimum atomic E-state index is 0.730. The maximum Gasteiger partial charge on any atom is 0.162 e. The van der Waals surface area contributed by atoms with Crippen molar-refractivity contribution in [3.63, 3.8) is 0 Å². The van der Waals surface area contributed by atoms with Crippen LogP contribution < -0.4 is 0 Å². The number of aryl methyl sites for hydroxylation is 1. The van der Waals surface area contributed by atoms with Gasteiger partial charge < -0.3 is 0 Å². The van der Waals surface area contributed by atoms with E-state index in [4.69, 9.17) is 11.6 Å². The molecule has 0 spiro atoms. The fourth-order valence-electron chi connectivity index (χ4n) is 1.64. The van der Waals surface area contributed by atoms with Gasteiger partial charge in [-0.1, -0.05) is 23.4 Å². The molecule has 0 unspecified atom stereocenters. The molecule has 3 aromatic rings. The summed E-state index contributed by atoms with van der Waals surface area (Å²) in [5.74, 6) is 0. The summed E-state index contributed by atoms with van der Waals surface area (Å²) in [4.78, 5) is 9.60. The van der Waals surface area contributed by atoms with Crippen molar-refractivity contribution in [3.05, 3.63) is 41.8 Å². The van der Waals surface area contributed by atoms with Gasteiger partial charge in [-0.15, -0.1) is 0 Å². The van der Waals surface area contributed by atoms with Crippen molar-refractivity contribution in [1.82, 2.24) is 19.7 Å². The number of hydrogen-bond donors (Lipinski definition) is 0. The lowest BCUT2D eigenvalue weighted by molar-refractivity contribution is 0.784. The number of hydrogen-bond acceptors (Lipinski definition) is 4. The zero-order valence-electron chi connectivity index (χ0n) is 9.54. The van der Waals surface area contributed by atoms with E-state index in [0.717, 1.165) is 26.0 Å². The van der Waals surface area contributed by atoms with Gasteiger partial charge in [-0.25, -0.2) is 9.97 Å². The fourth-order valence-corrected chi connectivity index (χ4v) is 2.61. The van der Waals surface area contributed by atoms with Gasteiger partial charge in [0.1, 0.15) is 11.4 Å². The Balaban J connectivity index is 2.02. The van der Waals surface area contributed by atoms with E-state index in [-0.39, 0.29) is 0 Å². The molecule has 18 heavy (non-hydrogen) atoms. The molecular weight excluding hydrogens is 268 g/mol. The van der Waals surface area contributed by atoms with Crippen LogP contribution in [-0.2, 0) is 7.05 Å². The molecular formula is C12H9ClN4S. The van der Waals surface area contributed by atoms with Crippen LogP contribution in [0.1, 0.15) is 0 Å². The molecule has 3 rings (SSSR count). The molecule has 6 heteroatoms. The van der Waals surface area contributed by atoms with Crippen molar-refractivity contribution in [1.29, 1.82) is 0 Å². The third kappa shape index (κ3) is 2.07. The largest absolute Gasteiger partial charge is 0.250 e. The summed E-state index contributed by atoms with van der Waals surface area (Å²) >= 11 is 7.44. The highest BCUT2D eigenvalue weighted by Crippen LogP contribution is 2.31. The van der Waals surface area contributed by atoms with Gasteiger partial charge in [-0.2, -0.15) is 5.10 Å². The van der Waals surface area contributed by atoms with Crippen LogP contribution in [0.4, 0.5) is 0 Å². The van der Waals surface area contributed by atoms with Crippen LogP contribution in [0.3, 0.4) is 0 Å². The van der Waals surface area contributed by atoms with Crippen LogP contribution in [0, 0.1) is 0 Å². The molecule has 1 aromatic carbocycles. The second-order valence-electron chi connectivity index (χ2n) is 3.74. The number of fused-ring (bicyclic) bond motifs is 1. The average Bonchev–Trinajstić information content (AvgIpc) is 2.76. The van der Waals surface area contributed by atoms with Crippen molar-refractivity contribution in [2.75, 3.05) is 0 Å². The predicted octanol–water partition coefficient (Wildman–Crippen LogP) is 3.17. The molecule has 0 saturated heterocycles. The Kier molecular flexibility index (Phi) is 2.93. The van der Waals surface area contributed by atoms with Crippen molar-refractivity contribution in [2.45, 2.75) is 9.92 Å². The second kappa shape index (κ2) is 4.59. The highest BCUT2D eigenvalue weighted by atomic mass is 35.5. The van der Waals surface area contributed by atoms with E-state index in [0.29, 0.717) is 0 Å². The lowest BCUT2D eigenvalue weighted by atomic mass is 10.4. The number of benzene rings is 1. The Morgan fingerprint density at radius 3 is 2.72 bits per heavy atom. The van der Waals surface area contributed by atoms with E-state index < -0.39 is 0 Å². The molecule has 0 N–H and O–H groups in total. The SMILES string of the molecule is Cn1ncc2c(Sc3ccc(Cl)cc3)ncnc21. The van der Waals surface area contributed by atoms with E-state index in [1.165, 1.54) is 0 Å². The molecule has 2 aromatic heterocycles. The number of nitrogens with zero attached hydrogens (tertiary/aromatic N) is 4. The molecule has 0 atom stereocenters. The lowest BCUT2D eigenvalue weighted by Gasteiger charge is -2.02. The normalized spacial score (nSPS) is 11.0. The van der Waals surface area contributed by atoms with Gasteiger partial charge in [-0.3, -0.25) is 4.68 Å². The van der Waals surface area contributed by atoms with Gasteiger partial charge >= 0.3 is 0 Å². The van der Waals surface area contributed by atoms with Crippen molar-refractivity contribution < 1.29 is 0 Å². The first-order chi connectivity index (χ1) is 8.74. The van der Waals surface area contributed by atoms with Crippen LogP contribution in [0.5, 0.6) is 0 Å². The van der Waals surface area contributed by atoms with Gasteiger partial charge in [0.25, 0.3) is 0 Å². The summed E-state index contributed by atoms with van der Waals surface area (Å²) in [5.41, 5.74) is 0.835. The Hall–Kier alpha value is -1.59. The zero-order chi connectivity index (χ0) is 12.5. The van der Waals surface area contributed by atoms with Crippen LogP contribution in [-0.4, -0.2) is 19.7 Å². The molecule has 0 bridgehead atoms. The summed E-state index contributed by atoms with van der Waals surface area (Å²) in [6.07, 6.45) is 3.34. The highest BCUT2D eigenvalue weighted by Gasteiger charge is 2.08. The summed E-state index contributed by atoms with van der Waals surface area (Å²) in [7, 11) is 1.87. The quantitative estimate of drug-likeness (QED) is 0.675. The highest BCUT2D eigenvalue weighted by molar-refractivity contribution is 7.99. The van der Waals surface area contributed by atoms with Gasteiger partial charge in [0.2, 0.25) is 0 Å². The second-order valence-corrected chi connectivity index (χ2v) is 5.24. The third-order valence-corrected chi connectivity index (χ3v) is 3.80. The molecule has 0 aliphatic carbocycles. The standard InChI is InChI=1S/C12H9ClN4S/c1-17-11-10(6-16-17)12(15-7-14-11)18-9-4-2-8(13)3-5-9/h2-7H,1H3. The Bertz CT molecular complexity index is 693. The van der Waals surface area contributed by atoms with E-state index in [2.05, 4.69) is 15.1 Å². The Morgan fingerprint density at radius 1 is 1.17 bits per heavy atom. The van der Waals surface area contributed by atoms with Crippen molar-refractivity contribution in [3.8, 4) is 0 Å². The molecule has 0 saturated carbocycles. The molecule has 2 heterocycles. The number of aromatic nitrogens is 4. The summed E-state index contributed by atoms with van der Waals surface area (Å²) < 4.78 is 1.74. The zero-order valence-corrected chi connectivity index (χ0v) is 11.1. The van der Waals surface area contributed by atoms with Crippen LogP contribution in [0.2, 0.25) is 5.02 Å². The Morgan fingerprint density at radius 2 is 1.94 bits per heavy atom. The third-order valence-electron chi connectivity index (χ3n) is 2.52. The van der Waals surface area contributed by atoms with Gasteiger partial charge in [-0.05, 0) is 24.3 Å². The summed E-state index contributed by atoms with van der Waals surface area (Å²) in [6, 6.07) is 7.67. The first kappa shape index (κ1) is 11.5. The van der Waals surface area contributed by atoms with Crippen molar-refractivity contribution in [2.24, 2.45) is 7.05 Å². The molecule has 4 nitrogen and oxygen atoms in total. The minimum Gasteiger partial charge on any atom is -0.250 e.